The van der Waals surface area contributed by atoms with E-state index < -0.39 is 11.7 Å². The van der Waals surface area contributed by atoms with Crippen molar-refractivity contribution < 1.29 is 18.7 Å². The van der Waals surface area contributed by atoms with Gasteiger partial charge in [0.2, 0.25) is 5.91 Å². The Kier molecular flexibility index (Phi) is 4.24. The molecular formula is C15H11BrFN3O3. The minimum atomic E-state index is -0.417. The lowest BCUT2D eigenvalue weighted by atomic mass is 10.3. The minimum Gasteiger partial charge on any atom is -0.480 e. The summed E-state index contributed by atoms with van der Waals surface area (Å²) in [5, 5.41) is 2.60. The van der Waals surface area contributed by atoms with E-state index in [1.165, 1.54) is 29.2 Å². The van der Waals surface area contributed by atoms with Crippen molar-refractivity contribution in [3.05, 3.63) is 46.8 Å². The number of carbonyl (C=O) groups is 2. The Morgan fingerprint density at radius 3 is 2.78 bits per heavy atom. The molecule has 23 heavy (non-hydrogen) atoms. The Bertz CT molecular complexity index is 767. The monoisotopic (exact) mass is 379 g/mol. The summed E-state index contributed by atoms with van der Waals surface area (Å²) in [7, 11) is 0. The molecule has 1 N–H and O–H groups in total. The third-order valence-corrected chi connectivity index (χ3v) is 3.58. The molecule has 2 heterocycles. The van der Waals surface area contributed by atoms with E-state index in [-0.39, 0.29) is 24.9 Å². The van der Waals surface area contributed by atoms with Gasteiger partial charge in [-0.25, -0.2) is 9.37 Å². The van der Waals surface area contributed by atoms with Crippen LogP contribution in [0, 0.1) is 5.82 Å². The van der Waals surface area contributed by atoms with Gasteiger partial charge in [0.05, 0.1) is 0 Å². The molecule has 2 amide bonds. The van der Waals surface area contributed by atoms with Gasteiger partial charge in [0.1, 0.15) is 17.0 Å². The zero-order chi connectivity index (χ0) is 16.4. The maximum Gasteiger partial charge on any atom is 0.266 e. The number of aromatic nitrogens is 1. The average molecular weight is 380 g/mol. The number of halogens is 2. The molecule has 2 aromatic rings. The summed E-state index contributed by atoms with van der Waals surface area (Å²) >= 11 is 3.22. The predicted octanol–water partition coefficient (Wildman–Crippen LogP) is 2.35. The highest BCUT2D eigenvalue weighted by Crippen LogP contribution is 2.31. The second-order valence-electron chi connectivity index (χ2n) is 4.78. The standard InChI is InChI=1S/C15H11BrFN3O3/c16-12-6-5-11-15(19-12)20(14(22)8-23-11)7-13(21)18-10-3-1-9(17)2-4-10/h1-6H,7-8H2,(H,18,21). The molecule has 1 aromatic carbocycles. The summed E-state index contributed by atoms with van der Waals surface area (Å²) in [5.41, 5.74) is 0.444. The van der Waals surface area contributed by atoms with E-state index in [9.17, 15) is 14.0 Å². The fraction of sp³-hybridized carbons (Fsp3) is 0.133. The summed E-state index contributed by atoms with van der Waals surface area (Å²) in [5.74, 6) is -0.460. The molecule has 8 heteroatoms. The van der Waals surface area contributed by atoms with Crippen LogP contribution in [0.3, 0.4) is 0 Å². The molecule has 0 bridgehead atoms. The van der Waals surface area contributed by atoms with Crippen molar-refractivity contribution >= 4 is 39.2 Å². The van der Waals surface area contributed by atoms with Crippen LogP contribution in [0.4, 0.5) is 15.9 Å². The number of fused-ring (bicyclic) bond motifs is 1. The first-order valence-electron chi connectivity index (χ1n) is 6.68. The van der Waals surface area contributed by atoms with Gasteiger partial charge in [0, 0.05) is 5.69 Å². The molecule has 0 saturated heterocycles. The van der Waals surface area contributed by atoms with Crippen molar-refractivity contribution in [1.82, 2.24) is 4.98 Å². The van der Waals surface area contributed by atoms with Crippen molar-refractivity contribution in [2.75, 3.05) is 23.4 Å². The molecule has 0 fully saturated rings. The lowest BCUT2D eigenvalue weighted by Crippen LogP contribution is -2.44. The van der Waals surface area contributed by atoms with Crippen molar-refractivity contribution in [2.24, 2.45) is 0 Å². The number of hydrogen-bond acceptors (Lipinski definition) is 4. The minimum absolute atomic E-state index is 0.153. The quantitative estimate of drug-likeness (QED) is 0.830. The van der Waals surface area contributed by atoms with Gasteiger partial charge in [0.15, 0.2) is 18.2 Å². The first-order valence-corrected chi connectivity index (χ1v) is 7.47. The molecule has 1 aliphatic rings. The van der Waals surface area contributed by atoms with Gasteiger partial charge in [-0.3, -0.25) is 14.5 Å². The number of amides is 2. The van der Waals surface area contributed by atoms with Crippen LogP contribution in [0.25, 0.3) is 0 Å². The van der Waals surface area contributed by atoms with Gasteiger partial charge in [-0.05, 0) is 52.3 Å². The van der Waals surface area contributed by atoms with Gasteiger partial charge in [-0.1, -0.05) is 0 Å². The van der Waals surface area contributed by atoms with Crippen molar-refractivity contribution in [2.45, 2.75) is 0 Å². The van der Waals surface area contributed by atoms with Crippen molar-refractivity contribution in [3.8, 4) is 5.75 Å². The number of rotatable bonds is 3. The number of pyridine rings is 1. The average Bonchev–Trinajstić information content (AvgIpc) is 2.52. The maximum atomic E-state index is 12.9. The van der Waals surface area contributed by atoms with Gasteiger partial charge in [0.25, 0.3) is 5.91 Å². The molecule has 0 saturated carbocycles. The number of benzene rings is 1. The van der Waals surface area contributed by atoms with Crippen molar-refractivity contribution in [3.63, 3.8) is 0 Å². The highest BCUT2D eigenvalue weighted by atomic mass is 79.9. The molecule has 6 nitrogen and oxygen atoms in total. The zero-order valence-corrected chi connectivity index (χ0v) is 13.3. The number of carbonyl (C=O) groups excluding carboxylic acids is 2. The summed E-state index contributed by atoms with van der Waals surface area (Å²) in [6.07, 6.45) is 0. The van der Waals surface area contributed by atoms with Gasteiger partial charge in [-0.2, -0.15) is 0 Å². The SMILES string of the molecule is O=C(CN1C(=O)COc2ccc(Br)nc21)Nc1ccc(F)cc1. The molecule has 0 aliphatic carbocycles. The predicted molar refractivity (Wildman–Crippen MR) is 84.8 cm³/mol. The van der Waals surface area contributed by atoms with Crippen LogP contribution in [-0.4, -0.2) is 29.9 Å². The third-order valence-electron chi connectivity index (χ3n) is 3.14. The fourth-order valence-corrected chi connectivity index (χ4v) is 2.39. The molecule has 1 aromatic heterocycles. The Labute approximate surface area is 139 Å². The van der Waals surface area contributed by atoms with Crippen molar-refractivity contribution in [1.29, 1.82) is 0 Å². The maximum absolute atomic E-state index is 12.9. The molecule has 0 unspecified atom stereocenters. The third kappa shape index (κ3) is 3.48. The first kappa shape index (κ1) is 15.4. The highest BCUT2D eigenvalue weighted by Gasteiger charge is 2.28. The Hall–Kier alpha value is -2.48. The lowest BCUT2D eigenvalue weighted by molar-refractivity contribution is -0.123. The van der Waals surface area contributed by atoms with Crippen LogP contribution in [0.15, 0.2) is 41.0 Å². The Balaban J connectivity index is 1.76. The van der Waals surface area contributed by atoms with Crippen LogP contribution in [0.5, 0.6) is 5.75 Å². The molecule has 0 radical (unpaired) electrons. The number of hydrogen-bond donors (Lipinski definition) is 1. The number of ether oxygens (including phenoxy) is 1. The number of anilines is 2. The number of nitrogens with zero attached hydrogens (tertiary/aromatic N) is 2. The molecule has 0 spiro atoms. The normalized spacial score (nSPS) is 13.3. The lowest BCUT2D eigenvalue weighted by Gasteiger charge is -2.27. The number of nitrogens with one attached hydrogen (secondary N) is 1. The fourth-order valence-electron chi connectivity index (χ4n) is 2.09. The highest BCUT2D eigenvalue weighted by molar-refractivity contribution is 9.10. The molecule has 118 valence electrons. The van der Waals surface area contributed by atoms with Gasteiger partial charge in [-0.15, -0.1) is 0 Å². The molecule has 1 aliphatic heterocycles. The molecular weight excluding hydrogens is 369 g/mol. The second kappa shape index (κ2) is 6.33. The Morgan fingerprint density at radius 2 is 2.04 bits per heavy atom. The van der Waals surface area contributed by atoms with E-state index in [0.717, 1.165) is 0 Å². The topological polar surface area (TPSA) is 71.5 Å². The zero-order valence-electron chi connectivity index (χ0n) is 11.8. The van der Waals surface area contributed by atoms with Gasteiger partial charge < -0.3 is 10.1 Å². The van der Waals surface area contributed by atoms with Crippen LogP contribution in [0.1, 0.15) is 0 Å². The summed E-state index contributed by atoms with van der Waals surface area (Å²) in [6.45, 7) is -0.365. The van der Waals surface area contributed by atoms with Crippen LogP contribution < -0.4 is 15.0 Å². The van der Waals surface area contributed by atoms with E-state index in [1.807, 2.05) is 0 Å². The van der Waals surface area contributed by atoms with E-state index in [0.29, 0.717) is 16.0 Å². The molecule has 3 rings (SSSR count). The summed E-state index contributed by atoms with van der Waals surface area (Å²) in [4.78, 5) is 29.6. The van der Waals surface area contributed by atoms with Crippen LogP contribution in [-0.2, 0) is 9.59 Å². The summed E-state index contributed by atoms with van der Waals surface area (Å²) in [6, 6.07) is 8.72. The summed E-state index contributed by atoms with van der Waals surface area (Å²) < 4.78 is 18.7. The van der Waals surface area contributed by atoms with Crippen LogP contribution in [0.2, 0.25) is 0 Å². The van der Waals surface area contributed by atoms with Gasteiger partial charge >= 0.3 is 0 Å². The second-order valence-corrected chi connectivity index (χ2v) is 5.59. The van der Waals surface area contributed by atoms with E-state index in [4.69, 9.17) is 4.74 Å². The largest absolute Gasteiger partial charge is 0.480 e. The Morgan fingerprint density at radius 1 is 1.30 bits per heavy atom. The van der Waals surface area contributed by atoms with E-state index in [2.05, 4.69) is 26.2 Å². The van der Waals surface area contributed by atoms with E-state index >= 15 is 0 Å². The molecule has 0 atom stereocenters. The van der Waals surface area contributed by atoms with Crippen LogP contribution >= 0.6 is 15.9 Å². The smallest absolute Gasteiger partial charge is 0.266 e. The first-order chi connectivity index (χ1) is 11.0. The van der Waals surface area contributed by atoms with E-state index in [1.54, 1.807) is 12.1 Å².